The maximum Gasteiger partial charge on any atom is 0.416 e. The van der Waals surface area contributed by atoms with Crippen molar-refractivity contribution < 1.29 is 27.6 Å². The fraction of sp³-hybridized carbons (Fsp3) is 0.455. The maximum atomic E-state index is 13.0. The van der Waals surface area contributed by atoms with Gasteiger partial charge in [-0.05, 0) is 44.4 Å². The SMILES string of the molecule is Cc1ncc(C(=O)NNC(=O)[C@H]2CCC[C@@H](N(C)C(=O)c3cccc(C(F)(F)F)c3)C2)n1C. The summed E-state index contributed by atoms with van der Waals surface area (Å²) in [6, 6.07) is 3.98. The van der Waals surface area contributed by atoms with Crippen LogP contribution in [0.3, 0.4) is 0 Å². The summed E-state index contributed by atoms with van der Waals surface area (Å²) < 4.78 is 40.5. The van der Waals surface area contributed by atoms with Crippen LogP contribution in [0.5, 0.6) is 0 Å². The van der Waals surface area contributed by atoms with Crippen molar-refractivity contribution in [3.8, 4) is 0 Å². The van der Waals surface area contributed by atoms with E-state index in [2.05, 4.69) is 15.8 Å². The molecule has 3 amide bonds. The second-order valence-electron chi connectivity index (χ2n) is 8.21. The molecule has 0 saturated heterocycles. The Kier molecular flexibility index (Phi) is 7.09. The van der Waals surface area contributed by atoms with E-state index in [0.717, 1.165) is 12.1 Å². The molecule has 2 atom stereocenters. The van der Waals surface area contributed by atoms with Gasteiger partial charge in [0.1, 0.15) is 11.5 Å². The number of benzene rings is 1. The van der Waals surface area contributed by atoms with Gasteiger partial charge in [-0.25, -0.2) is 4.98 Å². The number of carbonyl (C=O) groups is 3. The van der Waals surface area contributed by atoms with Gasteiger partial charge in [-0.3, -0.25) is 25.2 Å². The smallest absolute Gasteiger partial charge is 0.339 e. The third kappa shape index (κ3) is 5.52. The second kappa shape index (κ2) is 9.63. The predicted molar refractivity (Wildman–Crippen MR) is 113 cm³/mol. The topological polar surface area (TPSA) is 96.3 Å². The first kappa shape index (κ1) is 24.3. The van der Waals surface area contributed by atoms with Crippen LogP contribution in [-0.2, 0) is 18.0 Å². The van der Waals surface area contributed by atoms with Gasteiger partial charge in [0, 0.05) is 31.6 Å². The summed E-state index contributed by atoms with van der Waals surface area (Å²) >= 11 is 0. The third-order valence-corrected chi connectivity index (χ3v) is 6.07. The summed E-state index contributed by atoms with van der Waals surface area (Å²) in [4.78, 5) is 43.1. The lowest BCUT2D eigenvalue weighted by Gasteiger charge is -2.35. The molecule has 1 aromatic carbocycles. The minimum atomic E-state index is -4.54. The fourth-order valence-corrected chi connectivity index (χ4v) is 3.95. The van der Waals surface area contributed by atoms with Crippen molar-refractivity contribution in [1.29, 1.82) is 0 Å². The molecular formula is C22H26F3N5O3. The van der Waals surface area contributed by atoms with E-state index >= 15 is 0 Å². The number of nitrogens with zero attached hydrogens (tertiary/aromatic N) is 3. The van der Waals surface area contributed by atoms with Gasteiger partial charge in [0.15, 0.2) is 0 Å². The Balaban J connectivity index is 1.60. The van der Waals surface area contributed by atoms with Gasteiger partial charge in [-0.15, -0.1) is 0 Å². The largest absolute Gasteiger partial charge is 0.416 e. The molecule has 1 aliphatic carbocycles. The minimum Gasteiger partial charge on any atom is -0.339 e. The molecular weight excluding hydrogens is 439 g/mol. The van der Waals surface area contributed by atoms with E-state index in [9.17, 15) is 27.6 Å². The van der Waals surface area contributed by atoms with E-state index in [1.54, 1.807) is 18.5 Å². The van der Waals surface area contributed by atoms with Crippen molar-refractivity contribution >= 4 is 17.7 Å². The number of alkyl halides is 3. The molecule has 11 heteroatoms. The lowest BCUT2D eigenvalue weighted by atomic mass is 9.84. The quantitative estimate of drug-likeness (QED) is 0.679. The molecule has 0 spiro atoms. The molecule has 0 aliphatic heterocycles. The number of hydrogen-bond donors (Lipinski definition) is 2. The van der Waals surface area contributed by atoms with Crippen LogP contribution in [0.25, 0.3) is 0 Å². The van der Waals surface area contributed by atoms with Gasteiger partial charge in [-0.2, -0.15) is 13.2 Å². The highest BCUT2D eigenvalue weighted by Crippen LogP contribution is 2.31. The molecule has 178 valence electrons. The molecule has 0 unspecified atom stereocenters. The van der Waals surface area contributed by atoms with Crippen molar-refractivity contribution in [2.24, 2.45) is 13.0 Å². The Labute approximate surface area is 189 Å². The Morgan fingerprint density at radius 3 is 2.55 bits per heavy atom. The second-order valence-corrected chi connectivity index (χ2v) is 8.21. The van der Waals surface area contributed by atoms with Gasteiger partial charge < -0.3 is 9.47 Å². The lowest BCUT2D eigenvalue weighted by Crippen LogP contribution is -2.48. The highest BCUT2D eigenvalue weighted by molar-refractivity contribution is 5.95. The summed E-state index contributed by atoms with van der Waals surface area (Å²) in [6.45, 7) is 1.74. The fourth-order valence-electron chi connectivity index (χ4n) is 3.95. The zero-order chi connectivity index (χ0) is 24.3. The number of hydrazine groups is 1. The van der Waals surface area contributed by atoms with Gasteiger partial charge in [-0.1, -0.05) is 12.5 Å². The Morgan fingerprint density at radius 1 is 1.18 bits per heavy atom. The minimum absolute atomic E-state index is 0.0577. The Bertz CT molecular complexity index is 1050. The van der Waals surface area contributed by atoms with Gasteiger partial charge in [0.2, 0.25) is 5.91 Å². The molecule has 3 rings (SSSR count). The summed E-state index contributed by atoms with van der Waals surface area (Å²) in [5, 5.41) is 0. The normalized spacial score (nSPS) is 18.5. The summed E-state index contributed by atoms with van der Waals surface area (Å²) in [7, 11) is 3.21. The number of imidazole rings is 1. The lowest BCUT2D eigenvalue weighted by molar-refractivity contribution is -0.137. The zero-order valence-corrected chi connectivity index (χ0v) is 18.6. The Hall–Kier alpha value is -3.37. The monoisotopic (exact) mass is 465 g/mol. The van der Waals surface area contributed by atoms with Crippen LogP contribution in [-0.4, -0.2) is 45.3 Å². The number of carbonyl (C=O) groups excluding carboxylic acids is 3. The molecule has 1 heterocycles. The third-order valence-electron chi connectivity index (χ3n) is 6.07. The van der Waals surface area contributed by atoms with E-state index < -0.39 is 29.5 Å². The molecule has 8 nitrogen and oxygen atoms in total. The highest BCUT2D eigenvalue weighted by Gasteiger charge is 2.34. The van der Waals surface area contributed by atoms with Crippen molar-refractivity contribution in [2.45, 2.75) is 44.8 Å². The van der Waals surface area contributed by atoms with Gasteiger partial charge in [0.25, 0.3) is 11.8 Å². The average molecular weight is 465 g/mol. The number of amides is 3. The molecule has 33 heavy (non-hydrogen) atoms. The molecule has 0 radical (unpaired) electrons. The summed E-state index contributed by atoms with van der Waals surface area (Å²) in [6.07, 6.45) is -0.922. The van der Waals surface area contributed by atoms with Crippen LogP contribution in [0.2, 0.25) is 0 Å². The first-order valence-corrected chi connectivity index (χ1v) is 10.5. The molecule has 0 bridgehead atoms. The summed E-state index contributed by atoms with van der Waals surface area (Å²) in [5.74, 6) is -1.22. The van der Waals surface area contributed by atoms with Gasteiger partial charge >= 0.3 is 6.18 Å². The van der Waals surface area contributed by atoms with Crippen LogP contribution >= 0.6 is 0 Å². The number of halogens is 3. The van der Waals surface area contributed by atoms with Crippen molar-refractivity contribution in [2.75, 3.05) is 7.05 Å². The van der Waals surface area contributed by atoms with Crippen molar-refractivity contribution in [3.63, 3.8) is 0 Å². The summed E-state index contributed by atoms with van der Waals surface area (Å²) in [5.41, 5.74) is 4.15. The molecule has 2 N–H and O–H groups in total. The zero-order valence-electron chi connectivity index (χ0n) is 18.6. The number of rotatable bonds is 4. The standard InChI is InChI=1S/C22H26F3N5O3/c1-13-26-12-18(29(13)2)20(32)28-27-19(31)14-6-5-9-17(11-14)30(3)21(33)15-7-4-8-16(10-15)22(23,24)25/h4,7-8,10,12,14,17H,5-6,9,11H2,1-3H3,(H,27,31)(H,28,32)/t14-,17+/m0/s1. The number of aromatic nitrogens is 2. The van der Waals surface area contributed by atoms with Crippen LogP contribution in [0.4, 0.5) is 13.2 Å². The molecule has 1 fully saturated rings. The van der Waals surface area contributed by atoms with Crippen molar-refractivity contribution in [1.82, 2.24) is 25.3 Å². The average Bonchev–Trinajstić information content (AvgIpc) is 3.14. The van der Waals surface area contributed by atoms with Crippen LogP contribution in [0, 0.1) is 12.8 Å². The first-order valence-electron chi connectivity index (χ1n) is 10.5. The first-order chi connectivity index (χ1) is 15.5. The number of hydrogen-bond acceptors (Lipinski definition) is 4. The number of aryl methyl sites for hydroxylation is 1. The highest BCUT2D eigenvalue weighted by atomic mass is 19.4. The Morgan fingerprint density at radius 2 is 1.91 bits per heavy atom. The number of nitrogens with one attached hydrogen (secondary N) is 2. The predicted octanol–water partition coefficient (Wildman–Crippen LogP) is 2.84. The van der Waals surface area contributed by atoms with Crippen LogP contribution in [0.1, 0.15) is 57.9 Å². The van der Waals surface area contributed by atoms with Crippen molar-refractivity contribution in [3.05, 3.63) is 53.1 Å². The molecule has 1 saturated carbocycles. The molecule has 2 aromatic rings. The van der Waals surface area contributed by atoms with E-state index in [-0.39, 0.29) is 17.5 Å². The molecule has 1 aromatic heterocycles. The van der Waals surface area contributed by atoms with Gasteiger partial charge in [0.05, 0.1) is 11.8 Å². The van der Waals surface area contributed by atoms with E-state index in [4.69, 9.17) is 0 Å². The van der Waals surface area contributed by atoms with Crippen LogP contribution < -0.4 is 10.9 Å². The van der Waals surface area contributed by atoms with E-state index in [0.29, 0.717) is 37.2 Å². The maximum absolute atomic E-state index is 13.0. The van der Waals surface area contributed by atoms with Crippen LogP contribution in [0.15, 0.2) is 30.5 Å². The van der Waals surface area contributed by atoms with E-state index in [1.165, 1.54) is 30.3 Å². The van der Waals surface area contributed by atoms with E-state index in [1.807, 2.05) is 0 Å². The molecule has 1 aliphatic rings.